The first-order valence-electron chi connectivity index (χ1n) is 24.7. The minimum atomic E-state index is -3.06. The summed E-state index contributed by atoms with van der Waals surface area (Å²) in [6, 6.07) is 2.63. The number of nitrogens with one attached hydrogen (secondary N) is 4. The van der Waals surface area contributed by atoms with E-state index in [0.29, 0.717) is 19.3 Å². The molecule has 14 atom stereocenters. The SMILES string of the molecule is CN(C)[C@@H]1C(=O)C(C(N)=O)C(=O)[C@@]2(O)C(=O)C3C(=O)c4c(ccc(NC(=O)NCCCCCC(=O)NCCN[C@@H]5C(=O)C(C(N)=O)C(=O)[C@@]6(O)C(=O)C7C(=O)c8c(O)cccc8[C@@](C)(O)[C@H]7C[C@@H]56)c4O)[C@@](C)(O)[C@H]3C[C@@H]12. The number of phenols is 2. The maximum Gasteiger partial charge on any atom is 0.319 e. The molecule has 4 unspecified atom stereocenters. The lowest BCUT2D eigenvalue weighted by molar-refractivity contribution is -0.188. The van der Waals surface area contributed by atoms with Crippen LogP contribution in [0.5, 0.6) is 11.5 Å². The van der Waals surface area contributed by atoms with Gasteiger partial charge in [0.15, 0.2) is 69.3 Å². The Bertz CT molecular complexity index is 2950. The molecular weight excluding hydrogens is 999 g/mol. The molecule has 8 rings (SSSR count). The van der Waals surface area contributed by atoms with Gasteiger partial charge in [-0.25, -0.2) is 4.79 Å². The Labute approximate surface area is 432 Å². The topological polar surface area (TPSA) is 430 Å². The molecule has 25 heteroatoms. The molecular formula is C51H59N7O18. The molecule has 6 aliphatic carbocycles. The summed E-state index contributed by atoms with van der Waals surface area (Å²) in [6.45, 7) is 2.33. The molecule has 0 heterocycles. The number of phenolic OH excluding ortho intramolecular Hbond substituents is 2. The number of Topliss-reactive ketones (excluding diaryl/α,β-unsaturated/α-hetero) is 8. The Morgan fingerprint density at radius 2 is 1.17 bits per heavy atom. The number of rotatable bonds is 14. The van der Waals surface area contributed by atoms with Gasteiger partial charge in [-0.15, -0.1) is 0 Å². The first-order chi connectivity index (χ1) is 35.5. The molecule has 4 fully saturated rings. The standard InChI is InChI=1S/C51H59N7O18/c1-48(73)19-9-8-10-26(59)28(19)37(62)30-21(48)17-23-34(39(64)32(45(52)70)43(68)50(23,75)41(30)66)55-16-15-54-27(60)11-6-5-7-14-56-47(72)57-25-13-12-20-29(36(25)61)38(63)31-22(49(20,2)74)18-24-35(58(3)4)40(65)33(46(53)71)44(69)51(24,76)42(31)67/h8-10,12-13,21-24,30-35,55,59,61,73-76H,5-7,11,14-18H2,1-4H3,(H2,52,70)(H2,53,71)(H,54,60)(H2,56,57,72)/t21-,22-,23-,24-,30?,31?,32?,33?,34-,35-,48+,49+,50-,51-/m0/s1. The van der Waals surface area contributed by atoms with E-state index in [1.165, 1.54) is 63.2 Å². The summed E-state index contributed by atoms with van der Waals surface area (Å²) in [5.41, 5.74) is -0.692. The number of ketones is 8. The summed E-state index contributed by atoms with van der Waals surface area (Å²) in [7, 11) is 2.85. The number of hydrogen-bond donors (Lipinski definition) is 12. The molecule has 4 saturated carbocycles. The molecule has 0 radical (unpaired) electrons. The van der Waals surface area contributed by atoms with Crippen molar-refractivity contribution in [2.75, 3.05) is 39.0 Å². The summed E-state index contributed by atoms with van der Waals surface area (Å²) in [4.78, 5) is 162. The van der Waals surface area contributed by atoms with E-state index in [0.717, 1.165) is 0 Å². The maximum atomic E-state index is 14.2. The van der Waals surface area contributed by atoms with Crippen molar-refractivity contribution < 1.29 is 88.2 Å². The predicted molar refractivity (Wildman–Crippen MR) is 257 cm³/mol. The Hall–Kier alpha value is -7.16. The Morgan fingerprint density at radius 1 is 0.632 bits per heavy atom. The molecule has 0 saturated heterocycles. The number of nitrogens with two attached hydrogens (primary N) is 2. The average Bonchev–Trinajstić information content (AvgIpc) is 3.34. The lowest BCUT2D eigenvalue weighted by Gasteiger charge is -2.55. The molecule has 14 N–H and O–H groups in total. The van der Waals surface area contributed by atoms with Crippen LogP contribution < -0.4 is 32.7 Å². The highest BCUT2D eigenvalue weighted by molar-refractivity contribution is 6.34. The number of unbranched alkanes of at least 4 members (excludes halogenated alkanes) is 2. The number of urea groups is 1. The Morgan fingerprint density at radius 3 is 1.75 bits per heavy atom. The number of fused-ring (bicyclic) bond motifs is 6. The number of carbonyl (C=O) groups is 12. The number of aromatic hydroxyl groups is 2. The number of likely N-dealkylation sites (N-methyl/N-ethyl adjacent to an activating group) is 1. The molecule has 6 aliphatic rings. The zero-order valence-corrected chi connectivity index (χ0v) is 41.7. The third kappa shape index (κ3) is 8.21. The highest BCUT2D eigenvalue weighted by Crippen LogP contribution is 2.58. The predicted octanol–water partition coefficient (Wildman–Crippen LogP) is -3.10. The van der Waals surface area contributed by atoms with Crippen LogP contribution in [0.2, 0.25) is 0 Å². The second kappa shape index (κ2) is 19.4. The number of nitrogens with zero attached hydrogens (tertiary/aromatic N) is 1. The average molecular weight is 1060 g/mol. The van der Waals surface area contributed by atoms with Crippen LogP contribution in [0, 0.1) is 47.3 Å². The van der Waals surface area contributed by atoms with E-state index in [1.807, 2.05) is 0 Å². The van der Waals surface area contributed by atoms with Crippen molar-refractivity contribution in [1.29, 1.82) is 0 Å². The number of primary amides is 2. The molecule has 25 nitrogen and oxygen atoms in total. The fourth-order valence-corrected chi connectivity index (χ4v) is 13.0. The van der Waals surface area contributed by atoms with Crippen LogP contribution in [-0.2, 0) is 54.4 Å². The van der Waals surface area contributed by atoms with Gasteiger partial charge in [-0.05, 0) is 76.9 Å². The fraction of sp³-hybridized carbons (Fsp3) is 0.529. The van der Waals surface area contributed by atoms with Gasteiger partial charge >= 0.3 is 6.03 Å². The van der Waals surface area contributed by atoms with Crippen LogP contribution in [0.25, 0.3) is 0 Å². The smallest absolute Gasteiger partial charge is 0.319 e. The lowest BCUT2D eigenvalue weighted by Crippen LogP contribution is -2.75. The number of anilines is 1. The minimum absolute atomic E-state index is 0.00206. The zero-order valence-electron chi connectivity index (χ0n) is 41.7. The Balaban J connectivity index is 0.833. The van der Waals surface area contributed by atoms with E-state index in [4.69, 9.17) is 11.5 Å². The van der Waals surface area contributed by atoms with Gasteiger partial charge in [-0.2, -0.15) is 0 Å². The van der Waals surface area contributed by atoms with Gasteiger partial charge in [0.1, 0.15) is 11.5 Å². The first-order valence-corrected chi connectivity index (χ1v) is 24.7. The van der Waals surface area contributed by atoms with Crippen molar-refractivity contribution >= 4 is 75.7 Å². The van der Waals surface area contributed by atoms with Crippen molar-refractivity contribution in [1.82, 2.24) is 20.9 Å². The second-order valence-electron chi connectivity index (χ2n) is 21.3. The van der Waals surface area contributed by atoms with Crippen LogP contribution in [-0.4, -0.2) is 163 Å². The number of benzene rings is 2. The van der Waals surface area contributed by atoms with Gasteiger partial charge in [0.2, 0.25) is 17.7 Å². The number of carbonyl (C=O) groups excluding carboxylic acids is 12. The van der Waals surface area contributed by atoms with E-state index in [-0.39, 0.29) is 48.4 Å². The maximum absolute atomic E-state index is 14.2. The molecule has 0 aromatic heterocycles. The highest BCUT2D eigenvalue weighted by Gasteiger charge is 2.73. The molecule has 0 spiro atoms. The largest absolute Gasteiger partial charge is 0.507 e. The third-order valence-electron chi connectivity index (χ3n) is 16.8. The van der Waals surface area contributed by atoms with Gasteiger partial charge in [-0.1, -0.05) is 24.6 Å². The monoisotopic (exact) mass is 1060 g/mol. The summed E-state index contributed by atoms with van der Waals surface area (Å²) in [5.74, 6) is -28.2. The van der Waals surface area contributed by atoms with E-state index in [9.17, 15) is 88.2 Å². The van der Waals surface area contributed by atoms with E-state index >= 15 is 0 Å². The normalized spacial score (nSPS) is 34.5. The van der Waals surface area contributed by atoms with Crippen LogP contribution >= 0.6 is 0 Å². The van der Waals surface area contributed by atoms with Crippen LogP contribution in [0.3, 0.4) is 0 Å². The molecule has 5 amide bonds. The van der Waals surface area contributed by atoms with Crippen molar-refractivity contribution in [3.63, 3.8) is 0 Å². The molecule has 0 aliphatic heterocycles. The quantitative estimate of drug-likeness (QED) is 0.0507. The summed E-state index contributed by atoms with van der Waals surface area (Å²) < 4.78 is 0. The van der Waals surface area contributed by atoms with Gasteiger partial charge in [0, 0.05) is 49.7 Å². The summed E-state index contributed by atoms with van der Waals surface area (Å²) >= 11 is 0. The lowest BCUT2D eigenvalue weighted by atomic mass is 9.49. The van der Waals surface area contributed by atoms with Crippen molar-refractivity contribution in [3.05, 3.63) is 52.6 Å². The number of amides is 5. The Kier molecular flexibility index (Phi) is 14.1. The molecule has 2 aromatic rings. The van der Waals surface area contributed by atoms with Crippen LogP contribution in [0.4, 0.5) is 10.5 Å². The fourth-order valence-electron chi connectivity index (χ4n) is 13.0. The number of hydrogen-bond acceptors (Lipinski definition) is 20. The molecule has 406 valence electrons. The molecule has 0 bridgehead atoms. The van der Waals surface area contributed by atoms with E-state index in [1.54, 1.807) is 0 Å². The molecule has 2 aromatic carbocycles. The number of aliphatic hydroxyl groups is 4. The van der Waals surface area contributed by atoms with E-state index in [2.05, 4.69) is 21.3 Å². The van der Waals surface area contributed by atoms with E-state index < -0.39 is 182 Å². The van der Waals surface area contributed by atoms with Crippen molar-refractivity contribution in [3.8, 4) is 11.5 Å². The van der Waals surface area contributed by atoms with Gasteiger partial charge in [0.05, 0.1) is 51.9 Å². The summed E-state index contributed by atoms with van der Waals surface area (Å²) in [6.07, 6.45) is 0.272. The van der Waals surface area contributed by atoms with Crippen molar-refractivity contribution in [2.45, 2.75) is 86.9 Å². The van der Waals surface area contributed by atoms with Crippen LogP contribution in [0.15, 0.2) is 30.3 Å². The zero-order chi connectivity index (χ0) is 56.0. The highest BCUT2D eigenvalue weighted by atomic mass is 16.3. The second-order valence-corrected chi connectivity index (χ2v) is 21.3. The summed E-state index contributed by atoms with van der Waals surface area (Å²) in [5, 5.41) is 79.8. The third-order valence-corrected chi connectivity index (χ3v) is 16.8. The molecule has 76 heavy (non-hydrogen) atoms. The van der Waals surface area contributed by atoms with Crippen LogP contribution in [0.1, 0.15) is 84.2 Å². The van der Waals surface area contributed by atoms with Gasteiger partial charge in [0.25, 0.3) is 0 Å². The first kappa shape index (κ1) is 55.1. The van der Waals surface area contributed by atoms with Gasteiger partial charge in [-0.3, -0.25) is 57.6 Å². The van der Waals surface area contributed by atoms with Gasteiger partial charge < -0.3 is 63.4 Å². The minimum Gasteiger partial charge on any atom is -0.507 e. The van der Waals surface area contributed by atoms with Crippen molar-refractivity contribution in [2.24, 2.45) is 58.8 Å².